The van der Waals surface area contributed by atoms with E-state index in [9.17, 15) is 4.79 Å². The molecule has 1 aromatic rings. The number of nitrogens with zero attached hydrogens (tertiary/aromatic N) is 1. The number of hydrogen-bond acceptors (Lipinski definition) is 2. The Bertz CT molecular complexity index is 329. The van der Waals surface area contributed by atoms with Crippen molar-refractivity contribution in [3.8, 4) is 0 Å². The monoisotopic (exact) mass is 177 g/mol. The molecule has 2 nitrogen and oxygen atoms in total. The molecule has 1 rings (SSSR count). The smallest absolute Gasteiger partial charge is 0.183 e. The fourth-order valence-electron chi connectivity index (χ4n) is 1.25. The molecular weight excluding hydrogens is 162 g/mol. The van der Waals surface area contributed by atoms with E-state index in [1.165, 1.54) is 0 Å². The van der Waals surface area contributed by atoms with Gasteiger partial charge in [0.05, 0.1) is 0 Å². The third-order valence-corrected chi connectivity index (χ3v) is 1.97. The number of ketones is 1. The lowest BCUT2D eigenvalue weighted by Gasteiger charge is -2.06. The highest BCUT2D eigenvalue weighted by Gasteiger charge is 2.13. The Kier molecular flexibility index (Phi) is 2.81. The Labute approximate surface area is 79.0 Å². The fourth-order valence-corrected chi connectivity index (χ4v) is 1.25. The van der Waals surface area contributed by atoms with Crippen molar-refractivity contribution >= 4 is 5.78 Å². The molecule has 0 radical (unpaired) electrons. The number of aryl methyl sites for hydroxylation is 2. The van der Waals surface area contributed by atoms with Gasteiger partial charge in [-0.3, -0.25) is 9.78 Å². The maximum atomic E-state index is 11.6. The van der Waals surface area contributed by atoms with Crippen LogP contribution in [0.25, 0.3) is 0 Å². The van der Waals surface area contributed by atoms with E-state index < -0.39 is 0 Å². The van der Waals surface area contributed by atoms with Crippen molar-refractivity contribution in [2.24, 2.45) is 5.92 Å². The van der Waals surface area contributed by atoms with E-state index in [1.54, 1.807) is 6.20 Å². The number of pyridine rings is 1. The molecule has 13 heavy (non-hydrogen) atoms. The molecule has 0 saturated carbocycles. The van der Waals surface area contributed by atoms with Gasteiger partial charge >= 0.3 is 0 Å². The minimum absolute atomic E-state index is 0.0221. The van der Waals surface area contributed by atoms with Gasteiger partial charge in [-0.2, -0.15) is 0 Å². The van der Waals surface area contributed by atoms with Crippen LogP contribution in [0.1, 0.15) is 35.5 Å². The third-order valence-electron chi connectivity index (χ3n) is 1.97. The van der Waals surface area contributed by atoms with Crippen LogP contribution in [0.4, 0.5) is 0 Å². The number of Topliss-reactive ketones (excluding diaryl/α,β-unsaturated/α-hetero) is 1. The first-order valence-electron chi connectivity index (χ1n) is 4.50. The Balaban J connectivity index is 3.09. The molecule has 0 amide bonds. The number of carbonyl (C=O) groups excluding carboxylic acids is 1. The molecule has 0 saturated heterocycles. The van der Waals surface area contributed by atoms with Crippen LogP contribution in [0, 0.1) is 19.8 Å². The first kappa shape index (κ1) is 9.90. The van der Waals surface area contributed by atoms with E-state index in [2.05, 4.69) is 4.98 Å². The normalized spacial score (nSPS) is 10.5. The molecule has 0 fully saturated rings. The Hall–Kier alpha value is -1.18. The zero-order chi connectivity index (χ0) is 10.0. The zero-order valence-electron chi connectivity index (χ0n) is 8.59. The average molecular weight is 177 g/mol. The van der Waals surface area contributed by atoms with Crippen molar-refractivity contribution in [2.45, 2.75) is 27.7 Å². The highest BCUT2D eigenvalue weighted by Crippen LogP contribution is 2.11. The molecule has 0 atom stereocenters. The molecule has 0 N–H and O–H groups in total. The van der Waals surface area contributed by atoms with E-state index in [0.717, 1.165) is 11.1 Å². The third kappa shape index (κ3) is 2.14. The molecule has 0 spiro atoms. The van der Waals surface area contributed by atoms with Crippen LogP contribution >= 0.6 is 0 Å². The number of rotatable bonds is 2. The Morgan fingerprint density at radius 2 is 2.00 bits per heavy atom. The SMILES string of the molecule is Cc1cnc(C(=O)C(C)C)c(C)c1. The molecule has 70 valence electrons. The van der Waals surface area contributed by atoms with E-state index in [4.69, 9.17) is 0 Å². The van der Waals surface area contributed by atoms with Gasteiger partial charge in [0.15, 0.2) is 5.78 Å². The van der Waals surface area contributed by atoms with Crippen molar-refractivity contribution in [1.82, 2.24) is 4.98 Å². The number of hydrogen-bond donors (Lipinski definition) is 0. The highest BCUT2D eigenvalue weighted by atomic mass is 16.1. The van der Waals surface area contributed by atoms with Crippen LogP contribution in [0.15, 0.2) is 12.3 Å². The molecule has 0 aliphatic carbocycles. The molecule has 2 heteroatoms. The molecule has 1 aromatic heterocycles. The van der Waals surface area contributed by atoms with Crippen molar-refractivity contribution in [2.75, 3.05) is 0 Å². The van der Waals surface area contributed by atoms with Gasteiger partial charge in [-0.15, -0.1) is 0 Å². The van der Waals surface area contributed by atoms with Gasteiger partial charge in [0.1, 0.15) is 5.69 Å². The van der Waals surface area contributed by atoms with E-state index >= 15 is 0 Å². The summed E-state index contributed by atoms with van der Waals surface area (Å²) in [4.78, 5) is 15.8. The summed E-state index contributed by atoms with van der Waals surface area (Å²) in [5, 5.41) is 0. The van der Waals surface area contributed by atoms with Crippen LogP contribution in [0.3, 0.4) is 0 Å². The molecule has 0 aliphatic rings. The Morgan fingerprint density at radius 3 is 2.46 bits per heavy atom. The summed E-state index contributed by atoms with van der Waals surface area (Å²) in [6.45, 7) is 7.69. The summed E-state index contributed by atoms with van der Waals surface area (Å²) in [6.07, 6.45) is 1.74. The van der Waals surface area contributed by atoms with Crippen LogP contribution in [-0.2, 0) is 0 Å². The summed E-state index contributed by atoms with van der Waals surface area (Å²) in [6, 6.07) is 1.99. The van der Waals surface area contributed by atoms with Crippen LogP contribution < -0.4 is 0 Å². The lowest BCUT2D eigenvalue weighted by Crippen LogP contribution is -2.11. The Morgan fingerprint density at radius 1 is 1.38 bits per heavy atom. The van der Waals surface area contributed by atoms with Crippen molar-refractivity contribution in [1.29, 1.82) is 0 Å². The van der Waals surface area contributed by atoms with Crippen LogP contribution in [0.2, 0.25) is 0 Å². The molecule has 0 aromatic carbocycles. The van der Waals surface area contributed by atoms with Crippen molar-refractivity contribution in [3.63, 3.8) is 0 Å². The standard InChI is InChI=1S/C11H15NO/c1-7(2)11(13)10-9(4)5-8(3)6-12-10/h5-7H,1-4H3. The topological polar surface area (TPSA) is 30.0 Å². The lowest BCUT2D eigenvalue weighted by molar-refractivity contribution is 0.0933. The zero-order valence-corrected chi connectivity index (χ0v) is 8.59. The second-order valence-corrected chi connectivity index (χ2v) is 3.70. The predicted octanol–water partition coefficient (Wildman–Crippen LogP) is 2.54. The minimum atomic E-state index is 0.0221. The summed E-state index contributed by atoms with van der Waals surface area (Å²) in [7, 11) is 0. The second-order valence-electron chi connectivity index (χ2n) is 3.70. The molecule has 0 unspecified atom stereocenters. The van der Waals surface area contributed by atoms with Crippen LogP contribution in [-0.4, -0.2) is 10.8 Å². The van der Waals surface area contributed by atoms with Gasteiger partial charge in [0, 0.05) is 12.1 Å². The fraction of sp³-hybridized carbons (Fsp3) is 0.455. The number of carbonyl (C=O) groups is 1. The summed E-state index contributed by atoms with van der Waals surface area (Å²) in [5.74, 6) is 0.145. The van der Waals surface area contributed by atoms with Gasteiger partial charge < -0.3 is 0 Å². The second kappa shape index (κ2) is 3.69. The first-order valence-corrected chi connectivity index (χ1v) is 4.50. The lowest BCUT2D eigenvalue weighted by atomic mass is 10.0. The molecule has 0 aliphatic heterocycles. The van der Waals surface area contributed by atoms with Gasteiger partial charge in [-0.25, -0.2) is 0 Å². The summed E-state index contributed by atoms with van der Waals surface area (Å²) >= 11 is 0. The molecular formula is C11H15NO. The van der Waals surface area contributed by atoms with Gasteiger partial charge in [0.2, 0.25) is 0 Å². The summed E-state index contributed by atoms with van der Waals surface area (Å²) in [5.41, 5.74) is 2.68. The van der Waals surface area contributed by atoms with E-state index in [1.807, 2.05) is 33.8 Å². The van der Waals surface area contributed by atoms with Gasteiger partial charge in [-0.1, -0.05) is 19.9 Å². The molecule has 1 heterocycles. The summed E-state index contributed by atoms with van der Waals surface area (Å²) < 4.78 is 0. The first-order chi connectivity index (χ1) is 6.02. The van der Waals surface area contributed by atoms with E-state index in [-0.39, 0.29) is 11.7 Å². The van der Waals surface area contributed by atoms with Gasteiger partial charge in [0.25, 0.3) is 0 Å². The quantitative estimate of drug-likeness (QED) is 0.650. The number of aromatic nitrogens is 1. The molecule has 0 bridgehead atoms. The minimum Gasteiger partial charge on any atom is -0.292 e. The average Bonchev–Trinajstić information content (AvgIpc) is 2.03. The maximum absolute atomic E-state index is 11.6. The van der Waals surface area contributed by atoms with Crippen LogP contribution in [0.5, 0.6) is 0 Å². The van der Waals surface area contributed by atoms with Gasteiger partial charge in [-0.05, 0) is 25.0 Å². The van der Waals surface area contributed by atoms with Crippen molar-refractivity contribution in [3.05, 3.63) is 29.1 Å². The largest absolute Gasteiger partial charge is 0.292 e. The van der Waals surface area contributed by atoms with Crippen molar-refractivity contribution < 1.29 is 4.79 Å². The predicted molar refractivity (Wildman–Crippen MR) is 52.9 cm³/mol. The highest BCUT2D eigenvalue weighted by molar-refractivity contribution is 5.96. The maximum Gasteiger partial charge on any atom is 0.183 e. The van der Waals surface area contributed by atoms with E-state index in [0.29, 0.717) is 5.69 Å².